The summed E-state index contributed by atoms with van der Waals surface area (Å²) < 4.78 is 0. The molecule has 19 heavy (non-hydrogen) atoms. The van der Waals surface area contributed by atoms with Gasteiger partial charge in [0.05, 0.1) is 10.5 Å². The van der Waals surface area contributed by atoms with Gasteiger partial charge in [0.15, 0.2) is 0 Å². The van der Waals surface area contributed by atoms with Gasteiger partial charge in [-0.15, -0.1) is 0 Å². The number of nitrogens with zero attached hydrogens (tertiary/aromatic N) is 1. The van der Waals surface area contributed by atoms with Crippen molar-refractivity contribution in [1.82, 2.24) is 0 Å². The van der Waals surface area contributed by atoms with E-state index in [2.05, 4.69) is 5.32 Å². The van der Waals surface area contributed by atoms with Gasteiger partial charge in [0.1, 0.15) is 5.02 Å². The van der Waals surface area contributed by atoms with Crippen LogP contribution in [0.15, 0.2) is 12.1 Å². The zero-order valence-electron chi connectivity index (χ0n) is 11.1. The fraction of sp³-hybridized carbons (Fsp3) is 0.500. The molecule has 0 saturated carbocycles. The van der Waals surface area contributed by atoms with Crippen molar-refractivity contribution in [2.45, 2.75) is 19.4 Å². The Kier molecular flexibility index (Phi) is 5.46. The number of aryl methyl sites for hydroxylation is 1. The van der Waals surface area contributed by atoms with Crippen LogP contribution >= 0.6 is 23.4 Å². The summed E-state index contributed by atoms with van der Waals surface area (Å²) in [5, 5.41) is 24.0. The average Bonchev–Trinajstić information content (AvgIpc) is 2.29. The molecule has 2 N–H and O–H groups in total. The average molecular weight is 305 g/mol. The fourth-order valence-corrected chi connectivity index (χ4v) is 2.60. The normalized spacial score (nSPS) is 13.9. The highest BCUT2D eigenvalue weighted by molar-refractivity contribution is 7.98. The van der Waals surface area contributed by atoms with Crippen LogP contribution in [0.4, 0.5) is 11.4 Å². The second-order valence-electron chi connectivity index (χ2n) is 4.66. The van der Waals surface area contributed by atoms with Gasteiger partial charge in [-0.2, -0.15) is 11.8 Å². The summed E-state index contributed by atoms with van der Waals surface area (Å²) in [5.41, 5.74) is 0.453. The Balaban J connectivity index is 2.86. The lowest BCUT2D eigenvalue weighted by atomic mass is 10.1. The molecule has 106 valence electrons. The molecule has 1 rings (SSSR count). The molecule has 0 aromatic heterocycles. The van der Waals surface area contributed by atoms with Gasteiger partial charge in [0.2, 0.25) is 0 Å². The third kappa shape index (κ3) is 4.56. The SMILES string of the molecule is CSCC(C)(O)CNc1cc(Cl)c([N+](=O)[O-])cc1C. The zero-order valence-corrected chi connectivity index (χ0v) is 12.6. The van der Waals surface area contributed by atoms with Crippen molar-refractivity contribution in [1.29, 1.82) is 0 Å². The Bertz CT molecular complexity index is 480. The molecule has 0 bridgehead atoms. The largest absolute Gasteiger partial charge is 0.387 e. The summed E-state index contributed by atoms with van der Waals surface area (Å²) in [6, 6.07) is 2.94. The fourth-order valence-electron chi connectivity index (χ4n) is 1.64. The summed E-state index contributed by atoms with van der Waals surface area (Å²) in [6.45, 7) is 3.84. The van der Waals surface area contributed by atoms with E-state index >= 15 is 0 Å². The van der Waals surface area contributed by atoms with Gasteiger partial charge in [-0.05, 0) is 31.7 Å². The minimum absolute atomic E-state index is 0.0857. The first-order chi connectivity index (χ1) is 8.76. The quantitative estimate of drug-likeness (QED) is 0.624. The van der Waals surface area contributed by atoms with Gasteiger partial charge < -0.3 is 10.4 Å². The van der Waals surface area contributed by atoms with E-state index in [0.717, 1.165) is 5.56 Å². The summed E-state index contributed by atoms with van der Waals surface area (Å²) in [5.74, 6) is 0.597. The predicted octanol–water partition coefficient (Wildman–Crippen LogP) is 3.08. The number of rotatable bonds is 6. The number of hydrogen-bond donors (Lipinski definition) is 2. The number of aliphatic hydroxyl groups is 1. The summed E-state index contributed by atoms with van der Waals surface area (Å²) >= 11 is 7.41. The number of nitro groups is 1. The van der Waals surface area contributed by atoms with E-state index in [1.165, 1.54) is 12.1 Å². The van der Waals surface area contributed by atoms with Crippen LogP contribution in [0.3, 0.4) is 0 Å². The third-order valence-corrected chi connectivity index (χ3v) is 3.82. The van der Waals surface area contributed by atoms with Crippen molar-refractivity contribution in [3.05, 3.63) is 32.8 Å². The third-order valence-electron chi connectivity index (χ3n) is 2.61. The minimum Gasteiger partial charge on any atom is -0.387 e. The van der Waals surface area contributed by atoms with Crippen molar-refractivity contribution in [3.8, 4) is 0 Å². The van der Waals surface area contributed by atoms with Crippen LogP contribution in [0, 0.1) is 17.0 Å². The number of nitrogens with one attached hydrogen (secondary N) is 1. The van der Waals surface area contributed by atoms with Crippen LogP contribution in [0.5, 0.6) is 0 Å². The van der Waals surface area contributed by atoms with Gasteiger partial charge in [-0.1, -0.05) is 11.6 Å². The molecule has 0 fully saturated rings. The van der Waals surface area contributed by atoms with Crippen LogP contribution in [-0.4, -0.2) is 34.2 Å². The Hall–Kier alpha value is -0.980. The van der Waals surface area contributed by atoms with E-state index in [9.17, 15) is 15.2 Å². The molecule has 1 aromatic rings. The molecule has 0 heterocycles. The molecule has 0 aliphatic heterocycles. The van der Waals surface area contributed by atoms with E-state index in [1.54, 1.807) is 25.6 Å². The van der Waals surface area contributed by atoms with E-state index in [-0.39, 0.29) is 10.7 Å². The highest BCUT2D eigenvalue weighted by Gasteiger charge is 2.20. The first-order valence-corrected chi connectivity index (χ1v) is 7.44. The summed E-state index contributed by atoms with van der Waals surface area (Å²) in [4.78, 5) is 10.2. The minimum atomic E-state index is -0.847. The van der Waals surface area contributed by atoms with Crippen LogP contribution in [-0.2, 0) is 0 Å². The number of thioether (sulfide) groups is 1. The Morgan fingerprint density at radius 2 is 2.21 bits per heavy atom. The molecule has 0 saturated heterocycles. The second-order valence-corrected chi connectivity index (χ2v) is 5.93. The molecular formula is C12H17ClN2O3S. The van der Waals surface area contributed by atoms with Gasteiger partial charge in [0, 0.05) is 24.1 Å². The zero-order chi connectivity index (χ0) is 14.6. The number of hydrogen-bond acceptors (Lipinski definition) is 5. The lowest BCUT2D eigenvalue weighted by Gasteiger charge is -2.23. The van der Waals surface area contributed by atoms with Crippen molar-refractivity contribution in [3.63, 3.8) is 0 Å². The van der Waals surface area contributed by atoms with Crippen LogP contribution in [0.2, 0.25) is 5.02 Å². The van der Waals surface area contributed by atoms with Crippen molar-refractivity contribution in [2.24, 2.45) is 0 Å². The molecule has 5 nitrogen and oxygen atoms in total. The molecule has 0 spiro atoms. The van der Waals surface area contributed by atoms with Gasteiger partial charge in [-0.25, -0.2) is 0 Å². The van der Waals surface area contributed by atoms with E-state index < -0.39 is 10.5 Å². The van der Waals surface area contributed by atoms with Crippen LogP contribution < -0.4 is 5.32 Å². The maximum atomic E-state index is 10.7. The molecule has 1 unspecified atom stereocenters. The molecule has 1 aromatic carbocycles. The number of anilines is 1. The van der Waals surface area contributed by atoms with Crippen LogP contribution in [0.25, 0.3) is 0 Å². The first-order valence-electron chi connectivity index (χ1n) is 5.66. The molecule has 0 aliphatic carbocycles. The number of halogens is 1. The maximum Gasteiger partial charge on any atom is 0.288 e. The first kappa shape index (κ1) is 16.1. The van der Waals surface area contributed by atoms with E-state index in [0.29, 0.717) is 18.0 Å². The maximum absolute atomic E-state index is 10.7. The molecule has 0 radical (unpaired) electrons. The van der Waals surface area contributed by atoms with Crippen molar-refractivity contribution >= 4 is 34.7 Å². The van der Waals surface area contributed by atoms with Crippen LogP contribution in [0.1, 0.15) is 12.5 Å². The predicted molar refractivity (Wildman–Crippen MR) is 80.3 cm³/mol. The van der Waals surface area contributed by atoms with Crippen molar-refractivity contribution in [2.75, 3.05) is 23.9 Å². The lowest BCUT2D eigenvalue weighted by Crippen LogP contribution is -2.36. The van der Waals surface area contributed by atoms with Gasteiger partial charge >= 0.3 is 0 Å². The Morgan fingerprint density at radius 3 is 2.74 bits per heavy atom. The molecule has 1 atom stereocenters. The number of nitro benzene ring substituents is 1. The van der Waals surface area contributed by atoms with Crippen molar-refractivity contribution < 1.29 is 10.0 Å². The van der Waals surface area contributed by atoms with E-state index in [1.807, 2.05) is 6.26 Å². The Morgan fingerprint density at radius 1 is 1.58 bits per heavy atom. The molecule has 0 aliphatic rings. The molecule has 0 amide bonds. The highest BCUT2D eigenvalue weighted by Crippen LogP contribution is 2.30. The highest BCUT2D eigenvalue weighted by atomic mass is 35.5. The summed E-state index contributed by atoms with van der Waals surface area (Å²) in [6.07, 6.45) is 1.92. The standard InChI is InChI=1S/C12H17ClN2O3S/c1-8-4-11(15(17)18)9(13)5-10(8)14-6-12(2,16)7-19-3/h4-5,14,16H,6-7H2,1-3H3. The number of benzene rings is 1. The molecule has 7 heteroatoms. The lowest BCUT2D eigenvalue weighted by molar-refractivity contribution is -0.384. The second kappa shape index (κ2) is 6.45. The van der Waals surface area contributed by atoms with E-state index in [4.69, 9.17) is 11.6 Å². The van der Waals surface area contributed by atoms with Gasteiger partial charge in [-0.3, -0.25) is 10.1 Å². The molecular weight excluding hydrogens is 288 g/mol. The van der Waals surface area contributed by atoms with Gasteiger partial charge in [0.25, 0.3) is 5.69 Å². The Labute approximate surface area is 121 Å². The monoisotopic (exact) mass is 304 g/mol. The topological polar surface area (TPSA) is 75.4 Å². The smallest absolute Gasteiger partial charge is 0.288 e. The summed E-state index contributed by atoms with van der Waals surface area (Å²) in [7, 11) is 0.